The molecule has 0 fully saturated rings. The van der Waals surface area contributed by atoms with Crippen LogP contribution in [-0.2, 0) is 37.3 Å². The molecule has 10 aromatic carbocycles. The summed E-state index contributed by atoms with van der Waals surface area (Å²) in [5, 5.41) is 1.89. The first-order valence-corrected chi connectivity index (χ1v) is 27.3. The second kappa shape index (κ2) is 22.0. The summed E-state index contributed by atoms with van der Waals surface area (Å²) < 4.78 is 178. The van der Waals surface area contributed by atoms with Gasteiger partial charge in [0.05, 0.1) is 41.4 Å². The van der Waals surface area contributed by atoms with E-state index >= 15 is 0 Å². The number of hydrogen-bond acceptors (Lipinski definition) is 2. The fourth-order valence-electron chi connectivity index (χ4n) is 10.4. The molecule has 13 rings (SSSR count). The molecule has 0 saturated heterocycles. The molecule has 3 aromatic heterocycles. The van der Waals surface area contributed by atoms with Crippen molar-refractivity contribution in [3.8, 4) is 84.3 Å². The molecule has 0 N–H and O–H groups in total. The normalized spacial score (nSPS) is 15.0. The van der Waals surface area contributed by atoms with Crippen LogP contribution in [0.1, 0.15) is 104 Å². The molecule has 5 nitrogen and oxygen atoms in total. The third kappa shape index (κ3) is 10.7. The van der Waals surface area contributed by atoms with Crippen molar-refractivity contribution in [3.63, 3.8) is 0 Å². The fourth-order valence-corrected chi connectivity index (χ4v) is 10.4. The van der Waals surface area contributed by atoms with E-state index < -0.39 is 137 Å². The average Bonchev–Trinajstić information content (AvgIpc) is 0.957. The largest absolute Gasteiger partial charge is 0.510 e. The van der Waals surface area contributed by atoms with Crippen molar-refractivity contribution in [2.24, 2.45) is 0 Å². The van der Waals surface area contributed by atoms with Gasteiger partial charge in [-0.15, -0.1) is 29.7 Å². The van der Waals surface area contributed by atoms with Gasteiger partial charge in [0.2, 0.25) is 0 Å². The van der Waals surface area contributed by atoms with Crippen LogP contribution in [0.15, 0.2) is 236 Å². The molecular weight excluding hydrogens is 1200 g/mol. The summed E-state index contributed by atoms with van der Waals surface area (Å²) in [4.78, 5) is 4.85. The standard InChI is InChI=1S/C78H66N4O.Pt/c1-76(2,3)60-39-40-79-74(48-60)82-70-34-20-19-31-68(70)69-37-36-65(50-72(69)82)83-64-30-21-29-63(49-64)80-51-81(71-38-35-55(46-73(71)80)58-44-61(77(4,5)6)47-62(45-58)78(7,8)9)75-66(54-27-17-12-18-28-54)32-22-33-67(75)59-42-56(52-23-13-10-14-24-52)41-57(43-59)53-25-15-11-16-26-53;/h10-48H,1-9H3;/q-2;/i10D,11D,12D,13D,14D,15D,16D,17D,18D,23D,24D,25D,26D,27D,28D,41D,42D,43D;. The zero-order chi connectivity index (χ0) is 72.9. The Balaban J connectivity index is 0.00000982. The molecule has 0 aliphatic rings. The van der Waals surface area contributed by atoms with Crippen LogP contribution >= 0.6 is 0 Å². The molecule has 0 atom stereocenters. The minimum atomic E-state index is -0.877. The van der Waals surface area contributed by atoms with Gasteiger partial charge in [0.1, 0.15) is 5.82 Å². The number of nitrogens with zero attached hydrogens (tertiary/aromatic N) is 4. The number of hydrogen-bond donors (Lipinski definition) is 0. The molecule has 6 heteroatoms. The Morgan fingerprint density at radius 1 is 0.464 bits per heavy atom. The van der Waals surface area contributed by atoms with Gasteiger partial charge in [-0.1, -0.05) is 225 Å². The molecule has 3 heterocycles. The van der Waals surface area contributed by atoms with E-state index in [0.717, 1.165) is 44.1 Å². The molecule has 0 radical (unpaired) electrons. The Morgan fingerprint density at radius 3 is 1.69 bits per heavy atom. The number of para-hydroxylation sites is 2. The first-order chi connectivity index (χ1) is 47.5. The topological polar surface area (TPSA) is 35.9 Å². The van der Waals surface area contributed by atoms with Gasteiger partial charge in [0.25, 0.3) is 6.33 Å². The van der Waals surface area contributed by atoms with Crippen molar-refractivity contribution >= 4 is 32.8 Å². The average molecular weight is 1290 g/mol. The zero-order valence-corrected chi connectivity index (χ0v) is 49.9. The van der Waals surface area contributed by atoms with Crippen molar-refractivity contribution in [2.45, 2.75) is 78.6 Å². The van der Waals surface area contributed by atoms with Gasteiger partial charge in [0, 0.05) is 44.3 Å². The van der Waals surface area contributed by atoms with E-state index in [9.17, 15) is 12.3 Å². The van der Waals surface area contributed by atoms with Gasteiger partial charge >= 0.3 is 0 Å². The Kier molecular flexibility index (Phi) is 9.98. The van der Waals surface area contributed by atoms with Crippen molar-refractivity contribution in [1.29, 1.82) is 0 Å². The van der Waals surface area contributed by atoms with Gasteiger partial charge in [-0.25, -0.2) is 4.98 Å². The SMILES string of the molecule is [2H]c1c([2H])c([2H])c(-c2cccc(-c3c([2H])c(-c4c([2H])c([2H])c([2H])c([2H])c4[2H])c([2H])c(-c4c([2H])c([2H])c([2H])c([2H])c4[2H])c3[2H])c2-[n+]2[c-]n(-c3[c-]c(Oc4[c-]c5c(cc4)c4ccccc4n5-c4cc(C(C)(C)C)ccn4)ccc3)c3cc(-c4cc(C(C)(C)C)cc(C(C)(C)C)c4)ccc32)c([2H])c1[2H].[Pt]. The van der Waals surface area contributed by atoms with Crippen LogP contribution in [0.5, 0.6) is 11.5 Å². The van der Waals surface area contributed by atoms with E-state index in [0.29, 0.717) is 33.8 Å². The van der Waals surface area contributed by atoms with Gasteiger partial charge < -0.3 is 13.9 Å². The Bertz CT molecular complexity index is 5490. The number of pyridine rings is 1. The quantitative estimate of drug-likeness (QED) is 0.101. The molecule has 0 saturated carbocycles. The van der Waals surface area contributed by atoms with E-state index in [4.69, 9.17) is 22.1 Å². The molecule has 0 aliphatic heterocycles. The van der Waals surface area contributed by atoms with Crippen LogP contribution in [0, 0.1) is 18.5 Å². The molecule has 84 heavy (non-hydrogen) atoms. The van der Waals surface area contributed by atoms with E-state index in [-0.39, 0.29) is 65.4 Å². The number of imidazole rings is 1. The van der Waals surface area contributed by atoms with Crippen LogP contribution in [-0.4, -0.2) is 14.1 Å². The number of rotatable bonds is 10. The third-order valence-corrected chi connectivity index (χ3v) is 14.8. The molecule has 416 valence electrons. The second-order valence-corrected chi connectivity index (χ2v) is 23.6. The van der Waals surface area contributed by atoms with Crippen LogP contribution in [0.4, 0.5) is 0 Å². The molecule has 0 unspecified atom stereocenters. The van der Waals surface area contributed by atoms with Crippen molar-refractivity contribution in [1.82, 2.24) is 14.1 Å². The zero-order valence-electron chi connectivity index (χ0n) is 65.6. The predicted molar refractivity (Wildman–Crippen MR) is 343 cm³/mol. The maximum absolute atomic E-state index is 10.3. The monoisotopic (exact) mass is 1290 g/mol. The molecular formula is C78H66N4OPt-2. The number of fused-ring (bicyclic) bond motifs is 4. The summed E-state index contributed by atoms with van der Waals surface area (Å²) >= 11 is 0. The summed E-state index contributed by atoms with van der Waals surface area (Å²) in [5.74, 6) is 1.28. The van der Waals surface area contributed by atoms with Crippen molar-refractivity contribution in [3.05, 3.63) is 271 Å². The van der Waals surface area contributed by atoms with Crippen molar-refractivity contribution < 1.29 is 55.0 Å². The van der Waals surface area contributed by atoms with Crippen molar-refractivity contribution in [2.75, 3.05) is 0 Å². The van der Waals surface area contributed by atoms with E-state index in [2.05, 4.69) is 110 Å². The summed E-state index contributed by atoms with van der Waals surface area (Å²) in [5.41, 5.74) is 2.99. The van der Waals surface area contributed by atoms with Crippen LogP contribution in [0.3, 0.4) is 0 Å². The van der Waals surface area contributed by atoms with Gasteiger partial charge in [-0.05, 0) is 142 Å². The molecule has 0 aliphatic carbocycles. The van der Waals surface area contributed by atoms with Crippen LogP contribution < -0.4 is 9.30 Å². The van der Waals surface area contributed by atoms with Gasteiger partial charge in [-0.3, -0.25) is 4.57 Å². The van der Waals surface area contributed by atoms with Gasteiger partial charge in [-0.2, -0.15) is 18.2 Å². The van der Waals surface area contributed by atoms with Crippen LogP contribution in [0.25, 0.3) is 106 Å². The maximum atomic E-state index is 10.3. The molecule has 0 amide bonds. The Hall–Kier alpha value is -8.89. The number of aromatic nitrogens is 4. The fraction of sp³-hybridized carbons (Fsp3) is 0.154. The predicted octanol–water partition coefficient (Wildman–Crippen LogP) is 19.8. The van der Waals surface area contributed by atoms with Gasteiger partial charge in [0.15, 0.2) is 0 Å². The number of benzene rings is 10. The molecule has 13 aromatic rings. The summed E-state index contributed by atoms with van der Waals surface area (Å²) in [7, 11) is 0. The third-order valence-electron chi connectivity index (χ3n) is 14.8. The first-order valence-electron chi connectivity index (χ1n) is 36.3. The van der Waals surface area contributed by atoms with Crippen LogP contribution in [0.2, 0.25) is 0 Å². The summed E-state index contributed by atoms with van der Waals surface area (Å²) in [6, 6.07) is 30.5. The number of ether oxygens (including phenoxy) is 1. The van der Waals surface area contributed by atoms with E-state index in [1.807, 2.05) is 60.7 Å². The molecule has 0 bridgehead atoms. The van der Waals surface area contributed by atoms with E-state index in [1.54, 1.807) is 29.0 Å². The van der Waals surface area contributed by atoms with E-state index in [1.165, 1.54) is 22.8 Å². The maximum Gasteiger partial charge on any atom is 0.268 e. The Labute approximate surface area is 534 Å². The Morgan fingerprint density at radius 2 is 1.05 bits per heavy atom. The molecule has 0 spiro atoms. The minimum absolute atomic E-state index is 0. The summed E-state index contributed by atoms with van der Waals surface area (Å²) in [6.07, 6.45) is 5.32. The first kappa shape index (κ1) is 38.1. The summed E-state index contributed by atoms with van der Waals surface area (Å²) in [6.45, 7) is 19.3. The second-order valence-electron chi connectivity index (χ2n) is 23.6. The smallest absolute Gasteiger partial charge is 0.268 e. The minimum Gasteiger partial charge on any atom is -0.510 e.